The van der Waals surface area contributed by atoms with Gasteiger partial charge in [0.25, 0.3) is 0 Å². The molecule has 1 rings (SSSR count). The third-order valence-corrected chi connectivity index (χ3v) is 4.06. The quantitative estimate of drug-likeness (QED) is 0.556. The Morgan fingerprint density at radius 3 is 1.50 bits per heavy atom. The first-order valence-corrected chi connectivity index (χ1v) is 8.13. The first kappa shape index (κ1) is 15.9. The van der Waals surface area contributed by atoms with Gasteiger partial charge in [-0.25, -0.2) is 0 Å². The summed E-state index contributed by atoms with van der Waals surface area (Å²) in [7, 11) is 3.98. The van der Waals surface area contributed by atoms with Gasteiger partial charge in [-0.1, -0.05) is 35.4 Å². The minimum Gasteiger partial charge on any atom is -0.179 e. The van der Waals surface area contributed by atoms with Crippen molar-refractivity contribution in [2.45, 2.75) is 26.7 Å². The Labute approximate surface area is 96.3 Å². The van der Waals surface area contributed by atoms with Gasteiger partial charge in [0.2, 0.25) is 0 Å². The lowest BCUT2D eigenvalue weighted by molar-refractivity contribution is 1.14. The Kier molecular flexibility index (Phi) is 24.1. The molecule has 0 nitrogen and oxygen atoms in total. The molecule has 0 atom stereocenters. The van der Waals surface area contributed by atoms with Gasteiger partial charge < -0.3 is 0 Å². The lowest BCUT2D eigenvalue weighted by Crippen LogP contribution is -1.71. The van der Waals surface area contributed by atoms with Gasteiger partial charge in [0.1, 0.15) is 0 Å². The Morgan fingerprint density at radius 2 is 1.42 bits per heavy atom. The second-order valence-corrected chi connectivity index (χ2v) is 5.39. The van der Waals surface area contributed by atoms with Crippen LogP contribution in [0.3, 0.4) is 0 Å². The van der Waals surface area contributed by atoms with Crippen molar-refractivity contribution in [2.24, 2.45) is 0 Å². The fraction of sp³-hybridized carbons (Fsp3) is 1.00. The highest BCUT2D eigenvalue weighted by atomic mass is 33.1. The number of hydrogen-bond acceptors (Lipinski definition) is 4. The monoisotopic (exact) mass is 244 g/mol. The maximum atomic E-state index is 3.95. The molecule has 0 N–H and O–H groups in total. The lowest BCUT2D eigenvalue weighted by atomic mass is 10.6. The molecule has 0 spiro atoms. The molecule has 0 unspecified atom stereocenters. The van der Waals surface area contributed by atoms with E-state index in [0.29, 0.717) is 0 Å². The molecule has 0 amide bonds. The molecule has 0 radical (unpaired) electrons. The predicted molar refractivity (Wildman–Crippen MR) is 73.2 cm³/mol. The second-order valence-electron chi connectivity index (χ2n) is 1.80. The topological polar surface area (TPSA) is 0 Å². The molecule has 0 aromatic rings. The van der Waals surface area contributed by atoms with Crippen molar-refractivity contribution < 1.29 is 0 Å². The smallest absolute Gasteiger partial charge is 0.00450 e. The van der Waals surface area contributed by atoms with Gasteiger partial charge in [-0.05, 0) is 24.3 Å². The van der Waals surface area contributed by atoms with Crippen molar-refractivity contribution in [1.29, 1.82) is 0 Å². The van der Waals surface area contributed by atoms with Crippen molar-refractivity contribution in [3.8, 4) is 0 Å². The molecule has 1 saturated heterocycles. The molecule has 12 heavy (non-hydrogen) atoms. The van der Waals surface area contributed by atoms with E-state index in [1.165, 1.54) is 17.9 Å². The van der Waals surface area contributed by atoms with E-state index in [4.69, 9.17) is 0 Å². The number of rotatable bonds is 2. The van der Waals surface area contributed by atoms with Gasteiger partial charge in [0.05, 0.1) is 0 Å². The van der Waals surface area contributed by atoms with Crippen molar-refractivity contribution in [3.63, 3.8) is 0 Å². The maximum absolute atomic E-state index is 3.95. The van der Waals surface area contributed by atoms with Gasteiger partial charge in [-0.2, -0.15) is 25.3 Å². The molecular formula is C8H20S4. The zero-order chi connectivity index (χ0) is 9.66. The highest BCUT2D eigenvalue weighted by Gasteiger charge is 1.96. The molecule has 4 heteroatoms. The molecule has 76 valence electrons. The van der Waals surface area contributed by atoms with Crippen molar-refractivity contribution in [1.82, 2.24) is 0 Å². The van der Waals surface area contributed by atoms with Crippen LogP contribution in [0, 0.1) is 0 Å². The third-order valence-electron chi connectivity index (χ3n) is 0.855. The first-order chi connectivity index (χ1) is 5.91. The molecule has 0 saturated carbocycles. The molecular weight excluding hydrogens is 224 g/mol. The standard InChI is InChI=1S/C3H6S2.C3H8S2.C2H6/c1-2-4-5-3-1;4-2-1-3-5;1-2/h1-3H2;4-5H,1-3H2;1-2H3. The Morgan fingerprint density at radius 1 is 1.00 bits per heavy atom. The van der Waals surface area contributed by atoms with Crippen LogP contribution in [0.25, 0.3) is 0 Å². The van der Waals surface area contributed by atoms with Crippen LogP contribution in [0.4, 0.5) is 0 Å². The SMILES string of the molecule is C1CSSC1.CC.SCCCS. The Bertz CT molecular complexity index is 45.4. The van der Waals surface area contributed by atoms with E-state index in [2.05, 4.69) is 25.3 Å². The van der Waals surface area contributed by atoms with E-state index in [9.17, 15) is 0 Å². The van der Waals surface area contributed by atoms with E-state index >= 15 is 0 Å². The van der Waals surface area contributed by atoms with Crippen molar-refractivity contribution in [2.75, 3.05) is 23.0 Å². The van der Waals surface area contributed by atoms with Crippen LogP contribution >= 0.6 is 46.8 Å². The summed E-state index contributed by atoms with van der Waals surface area (Å²) in [6.07, 6.45) is 2.54. The molecule has 1 aliphatic rings. The molecule has 0 aromatic heterocycles. The zero-order valence-electron chi connectivity index (χ0n) is 7.95. The highest BCUT2D eigenvalue weighted by Crippen LogP contribution is 2.29. The van der Waals surface area contributed by atoms with E-state index in [-0.39, 0.29) is 0 Å². The van der Waals surface area contributed by atoms with Gasteiger partial charge >= 0.3 is 0 Å². The Balaban J connectivity index is 0. The summed E-state index contributed by atoms with van der Waals surface area (Å²) in [5, 5.41) is 0. The van der Waals surface area contributed by atoms with E-state index in [0.717, 1.165) is 17.9 Å². The summed E-state index contributed by atoms with van der Waals surface area (Å²) in [5.74, 6) is 4.68. The van der Waals surface area contributed by atoms with E-state index in [1.807, 2.05) is 35.4 Å². The summed E-state index contributed by atoms with van der Waals surface area (Å²) in [5.41, 5.74) is 0. The van der Waals surface area contributed by atoms with Gasteiger partial charge in [0.15, 0.2) is 0 Å². The van der Waals surface area contributed by atoms with Crippen LogP contribution in [0.5, 0.6) is 0 Å². The average Bonchev–Trinajstić information content (AvgIpc) is 2.67. The van der Waals surface area contributed by atoms with Gasteiger partial charge in [-0.15, -0.1) is 0 Å². The van der Waals surface area contributed by atoms with E-state index < -0.39 is 0 Å². The third kappa shape index (κ3) is 17.5. The van der Waals surface area contributed by atoms with Gasteiger partial charge in [-0.3, -0.25) is 0 Å². The predicted octanol–water partition coefficient (Wildman–Crippen LogP) is 4.03. The lowest BCUT2D eigenvalue weighted by Gasteiger charge is -1.78. The highest BCUT2D eigenvalue weighted by molar-refractivity contribution is 8.77. The second kappa shape index (κ2) is 18.2. The van der Waals surface area contributed by atoms with Crippen LogP contribution in [0.1, 0.15) is 26.7 Å². The van der Waals surface area contributed by atoms with Crippen LogP contribution in [-0.2, 0) is 0 Å². The first-order valence-electron chi connectivity index (χ1n) is 4.38. The number of thiol groups is 2. The van der Waals surface area contributed by atoms with Crippen LogP contribution in [0.15, 0.2) is 0 Å². The molecule has 0 bridgehead atoms. The summed E-state index contributed by atoms with van der Waals surface area (Å²) in [6.45, 7) is 4.00. The maximum Gasteiger partial charge on any atom is 0.00450 e. The molecule has 1 aliphatic heterocycles. The van der Waals surface area contributed by atoms with Crippen molar-refractivity contribution in [3.05, 3.63) is 0 Å². The van der Waals surface area contributed by atoms with Crippen molar-refractivity contribution >= 4 is 46.8 Å². The summed E-state index contributed by atoms with van der Waals surface area (Å²) < 4.78 is 0. The zero-order valence-corrected chi connectivity index (χ0v) is 11.4. The normalized spacial score (nSPS) is 14.0. The fourth-order valence-corrected chi connectivity index (χ4v) is 3.29. The number of hydrogen-bond donors (Lipinski definition) is 2. The minimum atomic E-state index is 0.962. The van der Waals surface area contributed by atoms with E-state index in [1.54, 1.807) is 0 Å². The molecule has 0 aliphatic carbocycles. The minimum absolute atomic E-state index is 0.962. The van der Waals surface area contributed by atoms with Gasteiger partial charge in [0, 0.05) is 11.5 Å². The largest absolute Gasteiger partial charge is 0.179 e. The van der Waals surface area contributed by atoms with Crippen LogP contribution in [0.2, 0.25) is 0 Å². The Hall–Kier alpha value is 1.40. The summed E-state index contributed by atoms with van der Waals surface area (Å²) >= 11 is 7.90. The molecule has 0 aromatic carbocycles. The fourth-order valence-electron chi connectivity index (χ4n) is 0.365. The van der Waals surface area contributed by atoms with Crippen LogP contribution in [-0.4, -0.2) is 23.0 Å². The summed E-state index contributed by atoms with van der Waals surface area (Å²) in [6, 6.07) is 0. The molecule has 1 fully saturated rings. The van der Waals surface area contributed by atoms with Crippen LogP contribution < -0.4 is 0 Å². The summed E-state index contributed by atoms with van der Waals surface area (Å²) in [4.78, 5) is 0. The molecule has 1 heterocycles. The average molecular weight is 245 g/mol.